The van der Waals surface area contributed by atoms with E-state index in [1.807, 2.05) is 18.2 Å². The standard InChI is InChI=1S/C19H22ClNO4S/c1-21(14-15-6-3-4-7-18(15)20)19(22)8-5-13-25-16-9-11-17(12-10-16)26(2,23)24/h3-4,6-7,9-12H,5,8,13-14H2,1-2H3. The predicted octanol–water partition coefficient (Wildman–Crippen LogP) is 3.56. The molecule has 0 aliphatic heterocycles. The lowest BCUT2D eigenvalue weighted by atomic mass is 10.2. The van der Waals surface area contributed by atoms with Gasteiger partial charge in [0.1, 0.15) is 5.75 Å². The molecular weight excluding hydrogens is 374 g/mol. The Balaban J connectivity index is 1.75. The van der Waals surface area contributed by atoms with E-state index in [0.29, 0.717) is 36.8 Å². The lowest BCUT2D eigenvalue weighted by Gasteiger charge is -2.18. The van der Waals surface area contributed by atoms with Gasteiger partial charge in [0.05, 0.1) is 11.5 Å². The molecule has 0 bridgehead atoms. The molecule has 0 heterocycles. The number of nitrogens with zero attached hydrogens (tertiary/aromatic N) is 1. The maximum Gasteiger partial charge on any atom is 0.222 e. The highest BCUT2D eigenvalue weighted by Gasteiger charge is 2.11. The molecule has 0 fully saturated rings. The Kier molecular flexibility index (Phi) is 7.06. The zero-order valence-electron chi connectivity index (χ0n) is 14.8. The molecule has 0 radical (unpaired) electrons. The van der Waals surface area contributed by atoms with Crippen molar-refractivity contribution in [1.29, 1.82) is 0 Å². The van der Waals surface area contributed by atoms with E-state index in [2.05, 4.69) is 0 Å². The van der Waals surface area contributed by atoms with Gasteiger partial charge < -0.3 is 9.64 Å². The van der Waals surface area contributed by atoms with E-state index in [9.17, 15) is 13.2 Å². The first-order valence-corrected chi connectivity index (χ1v) is 10.4. The fraction of sp³-hybridized carbons (Fsp3) is 0.316. The van der Waals surface area contributed by atoms with E-state index in [1.54, 1.807) is 30.1 Å². The zero-order valence-corrected chi connectivity index (χ0v) is 16.4. The van der Waals surface area contributed by atoms with Crippen molar-refractivity contribution in [3.63, 3.8) is 0 Å². The normalized spacial score (nSPS) is 11.2. The van der Waals surface area contributed by atoms with Crippen LogP contribution in [0, 0.1) is 0 Å². The fourth-order valence-corrected chi connectivity index (χ4v) is 3.18. The predicted molar refractivity (Wildman–Crippen MR) is 102 cm³/mol. The highest BCUT2D eigenvalue weighted by atomic mass is 35.5. The Labute approximate surface area is 159 Å². The van der Waals surface area contributed by atoms with Crippen molar-refractivity contribution in [2.75, 3.05) is 19.9 Å². The second-order valence-corrected chi connectivity index (χ2v) is 8.46. The fourth-order valence-electron chi connectivity index (χ4n) is 2.36. The van der Waals surface area contributed by atoms with Crippen LogP contribution in [0.4, 0.5) is 0 Å². The Morgan fingerprint density at radius 1 is 1.12 bits per heavy atom. The summed E-state index contributed by atoms with van der Waals surface area (Å²) in [5, 5.41) is 0.646. The third kappa shape index (κ3) is 6.04. The molecule has 0 unspecified atom stereocenters. The summed E-state index contributed by atoms with van der Waals surface area (Å²) in [7, 11) is -1.46. The first kappa shape index (κ1) is 20.3. The minimum Gasteiger partial charge on any atom is -0.494 e. The number of carbonyl (C=O) groups is 1. The number of benzene rings is 2. The van der Waals surface area contributed by atoms with Gasteiger partial charge in [0.25, 0.3) is 0 Å². The van der Waals surface area contributed by atoms with Gasteiger partial charge in [0.15, 0.2) is 9.84 Å². The number of rotatable bonds is 8. The molecule has 26 heavy (non-hydrogen) atoms. The maximum absolute atomic E-state index is 12.2. The number of halogens is 1. The molecule has 0 aliphatic rings. The molecular formula is C19H22ClNO4S. The summed E-state index contributed by atoms with van der Waals surface area (Å²) < 4.78 is 28.4. The van der Waals surface area contributed by atoms with Crippen LogP contribution in [-0.4, -0.2) is 39.1 Å². The van der Waals surface area contributed by atoms with Crippen LogP contribution in [0.15, 0.2) is 53.4 Å². The summed E-state index contributed by atoms with van der Waals surface area (Å²) in [6.45, 7) is 0.843. The molecule has 0 saturated heterocycles. The molecule has 140 valence electrons. The summed E-state index contributed by atoms with van der Waals surface area (Å²) in [6.07, 6.45) is 2.09. The topological polar surface area (TPSA) is 63.7 Å². The Hall–Kier alpha value is -2.05. The molecule has 0 N–H and O–H groups in total. The molecule has 0 aromatic heterocycles. The van der Waals surface area contributed by atoms with Crippen LogP contribution in [0.1, 0.15) is 18.4 Å². The number of hydrogen-bond donors (Lipinski definition) is 0. The van der Waals surface area contributed by atoms with Crippen LogP contribution in [0.3, 0.4) is 0 Å². The smallest absolute Gasteiger partial charge is 0.222 e. The van der Waals surface area contributed by atoms with E-state index in [4.69, 9.17) is 16.3 Å². The third-order valence-electron chi connectivity index (χ3n) is 3.85. The average Bonchev–Trinajstić information content (AvgIpc) is 2.60. The van der Waals surface area contributed by atoms with Crippen LogP contribution in [0.5, 0.6) is 5.75 Å². The highest BCUT2D eigenvalue weighted by Crippen LogP contribution is 2.18. The van der Waals surface area contributed by atoms with Gasteiger partial charge in [-0.05, 0) is 42.3 Å². The molecule has 1 amide bonds. The zero-order chi connectivity index (χ0) is 19.2. The summed E-state index contributed by atoms with van der Waals surface area (Å²) in [4.78, 5) is 14.1. The molecule has 5 nitrogen and oxygen atoms in total. The molecule has 0 saturated carbocycles. The van der Waals surface area contributed by atoms with Crippen LogP contribution >= 0.6 is 11.6 Å². The summed E-state index contributed by atoms with van der Waals surface area (Å²) in [6, 6.07) is 13.7. The Bertz CT molecular complexity index is 850. The Morgan fingerprint density at radius 3 is 2.38 bits per heavy atom. The van der Waals surface area contributed by atoms with Gasteiger partial charge in [-0.2, -0.15) is 0 Å². The van der Waals surface area contributed by atoms with Gasteiger partial charge in [0.2, 0.25) is 5.91 Å². The molecule has 7 heteroatoms. The summed E-state index contributed by atoms with van der Waals surface area (Å²) in [5.74, 6) is 0.593. The van der Waals surface area contributed by atoms with Gasteiger partial charge in [0, 0.05) is 31.3 Å². The van der Waals surface area contributed by atoms with Crippen LogP contribution in [0.25, 0.3) is 0 Å². The van der Waals surface area contributed by atoms with E-state index in [0.717, 1.165) is 11.8 Å². The van der Waals surface area contributed by atoms with Crippen molar-refractivity contribution in [2.24, 2.45) is 0 Å². The highest BCUT2D eigenvalue weighted by molar-refractivity contribution is 7.90. The van der Waals surface area contributed by atoms with Crippen molar-refractivity contribution >= 4 is 27.3 Å². The number of amides is 1. The van der Waals surface area contributed by atoms with Crippen molar-refractivity contribution < 1.29 is 17.9 Å². The van der Waals surface area contributed by atoms with E-state index < -0.39 is 9.84 Å². The molecule has 0 atom stereocenters. The van der Waals surface area contributed by atoms with Crippen LogP contribution in [-0.2, 0) is 21.2 Å². The van der Waals surface area contributed by atoms with Crippen LogP contribution < -0.4 is 4.74 Å². The lowest BCUT2D eigenvalue weighted by Crippen LogP contribution is -2.26. The van der Waals surface area contributed by atoms with E-state index in [-0.39, 0.29) is 10.8 Å². The molecule has 0 aliphatic carbocycles. The third-order valence-corrected chi connectivity index (χ3v) is 5.34. The number of sulfone groups is 1. The van der Waals surface area contributed by atoms with Crippen molar-refractivity contribution in [1.82, 2.24) is 4.90 Å². The number of hydrogen-bond acceptors (Lipinski definition) is 4. The summed E-state index contributed by atoms with van der Waals surface area (Å²) >= 11 is 6.11. The molecule has 2 rings (SSSR count). The van der Waals surface area contributed by atoms with Crippen molar-refractivity contribution in [2.45, 2.75) is 24.3 Å². The minimum absolute atomic E-state index is 0.0148. The van der Waals surface area contributed by atoms with E-state index in [1.165, 1.54) is 12.1 Å². The van der Waals surface area contributed by atoms with Crippen LogP contribution in [0.2, 0.25) is 5.02 Å². The van der Waals surface area contributed by atoms with Crippen molar-refractivity contribution in [3.05, 3.63) is 59.1 Å². The Morgan fingerprint density at radius 2 is 1.77 bits per heavy atom. The summed E-state index contributed by atoms with van der Waals surface area (Å²) in [5.41, 5.74) is 0.909. The maximum atomic E-state index is 12.2. The van der Waals surface area contributed by atoms with E-state index >= 15 is 0 Å². The van der Waals surface area contributed by atoms with Gasteiger partial charge in [-0.3, -0.25) is 4.79 Å². The average molecular weight is 396 g/mol. The first-order chi connectivity index (χ1) is 12.3. The minimum atomic E-state index is -3.21. The number of carbonyl (C=O) groups excluding carboxylic acids is 1. The van der Waals surface area contributed by atoms with Gasteiger partial charge in [-0.25, -0.2) is 8.42 Å². The first-order valence-electron chi connectivity index (χ1n) is 8.17. The van der Waals surface area contributed by atoms with Gasteiger partial charge in [-0.15, -0.1) is 0 Å². The number of ether oxygens (including phenoxy) is 1. The molecule has 2 aromatic carbocycles. The second kappa shape index (κ2) is 9.05. The van der Waals surface area contributed by atoms with Gasteiger partial charge in [-0.1, -0.05) is 29.8 Å². The molecule has 2 aromatic rings. The van der Waals surface area contributed by atoms with Gasteiger partial charge >= 0.3 is 0 Å². The SMILES string of the molecule is CN(Cc1ccccc1Cl)C(=O)CCCOc1ccc(S(C)(=O)=O)cc1. The quantitative estimate of drug-likeness (QED) is 0.641. The second-order valence-electron chi connectivity index (χ2n) is 6.04. The largest absolute Gasteiger partial charge is 0.494 e. The van der Waals surface area contributed by atoms with Crippen molar-refractivity contribution in [3.8, 4) is 5.75 Å². The molecule has 0 spiro atoms. The monoisotopic (exact) mass is 395 g/mol. The lowest BCUT2D eigenvalue weighted by molar-refractivity contribution is -0.130.